The lowest BCUT2D eigenvalue weighted by atomic mass is 10.1. The normalized spacial score (nSPS) is 10.8. The Morgan fingerprint density at radius 2 is 1.85 bits per heavy atom. The number of H-pyrrole nitrogens is 1. The van der Waals surface area contributed by atoms with E-state index in [0.717, 1.165) is 21.7 Å². The van der Waals surface area contributed by atoms with Crippen LogP contribution in [0.4, 0.5) is 5.69 Å². The molecule has 0 atom stereocenters. The van der Waals surface area contributed by atoms with Gasteiger partial charge >= 0.3 is 5.97 Å². The maximum Gasteiger partial charge on any atom is 0.345 e. The summed E-state index contributed by atoms with van der Waals surface area (Å²) in [5.74, 6) is -0.635. The van der Waals surface area contributed by atoms with Crippen molar-refractivity contribution in [1.29, 1.82) is 0 Å². The fourth-order valence-electron chi connectivity index (χ4n) is 3.30. The summed E-state index contributed by atoms with van der Waals surface area (Å²) in [6, 6.07) is 9.77. The third kappa shape index (κ3) is 4.50. The van der Waals surface area contributed by atoms with Crippen LogP contribution in [0.2, 0.25) is 0 Å². The molecule has 2 aromatic heterocycles. The number of aromatic amines is 1. The number of fused-ring (bicyclic) bond motifs is 1. The van der Waals surface area contributed by atoms with Gasteiger partial charge in [-0.15, -0.1) is 11.3 Å². The average molecular weight is 546 g/mol. The minimum atomic E-state index is -0.975. The summed E-state index contributed by atoms with van der Waals surface area (Å²) in [4.78, 5) is 43.6. The predicted octanol–water partition coefficient (Wildman–Crippen LogP) is 4.70. The maximum atomic E-state index is 12.8. The first-order valence-electron chi connectivity index (χ1n) is 9.66. The molecule has 0 radical (unpaired) electrons. The molecule has 2 aromatic carbocycles. The van der Waals surface area contributed by atoms with Crippen molar-refractivity contribution in [3.63, 3.8) is 0 Å². The van der Waals surface area contributed by atoms with Crippen LogP contribution in [0.5, 0.6) is 11.5 Å². The van der Waals surface area contributed by atoms with Gasteiger partial charge in [0.05, 0.1) is 30.6 Å². The molecule has 0 aliphatic heterocycles. The number of ether oxygens (including phenoxy) is 3. The van der Waals surface area contributed by atoms with E-state index in [-0.39, 0.29) is 35.1 Å². The van der Waals surface area contributed by atoms with Crippen molar-refractivity contribution >= 4 is 49.1 Å². The maximum absolute atomic E-state index is 12.8. The molecule has 0 aliphatic carbocycles. The van der Waals surface area contributed by atoms with E-state index >= 15 is 0 Å². The van der Waals surface area contributed by atoms with Crippen molar-refractivity contribution in [3.8, 4) is 22.6 Å². The zero-order chi connectivity index (χ0) is 24.4. The van der Waals surface area contributed by atoms with Crippen LogP contribution < -0.4 is 15.0 Å². The van der Waals surface area contributed by atoms with E-state index in [4.69, 9.17) is 14.2 Å². The molecule has 12 heteroatoms. The van der Waals surface area contributed by atoms with E-state index in [1.807, 2.05) is 29.6 Å². The van der Waals surface area contributed by atoms with Crippen molar-refractivity contribution in [1.82, 2.24) is 9.97 Å². The van der Waals surface area contributed by atoms with Crippen molar-refractivity contribution in [2.24, 2.45) is 0 Å². The number of thiophene rings is 1. The fourth-order valence-corrected chi connectivity index (χ4v) is 4.53. The Bertz CT molecular complexity index is 1460. The SMILES string of the molecule is COc1cc(C(=O)OCc2nc3scc(-c4ccc(Br)cc4)c3c(=O)[nH]2)c([N+](=O)[O-])cc1OC. The summed E-state index contributed by atoms with van der Waals surface area (Å²) >= 11 is 4.67. The highest BCUT2D eigenvalue weighted by molar-refractivity contribution is 9.10. The number of methoxy groups -OCH3 is 2. The average Bonchev–Trinajstić information content (AvgIpc) is 3.26. The summed E-state index contributed by atoms with van der Waals surface area (Å²) in [7, 11) is 2.66. The van der Waals surface area contributed by atoms with Gasteiger partial charge in [0, 0.05) is 21.5 Å². The summed E-state index contributed by atoms with van der Waals surface area (Å²) < 4.78 is 16.3. The predicted molar refractivity (Wildman–Crippen MR) is 129 cm³/mol. The number of nitrogens with zero attached hydrogens (tertiary/aromatic N) is 2. The number of carbonyl (C=O) groups is 1. The second-order valence-electron chi connectivity index (χ2n) is 6.91. The molecule has 0 bridgehead atoms. The minimum absolute atomic E-state index is 0.0986. The largest absolute Gasteiger partial charge is 0.493 e. The summed E-state index contributed by atoms with van der Waals surface area (Å²) in [6.45, 7) is -0.388. The Balaban J connectivity index is 1.61. The monoisotopic (exact) mass is 545 g/mol. The second kappa shape index (κ2) is 9.61. The molecule has 4 rings (SSSR count). The molecule has 10 nitrogen and oxygen atoms in total. The van der Waals surface area contributed by atoms with E-state index in [1.54, 1.807) is 0 Å². The van der Waals surface area contributed by atoms with Gasteiger partial charge in [-0.05, 0) is 17.7 Å². The first kappa shape index (κ1) is 23.4. The van der Waals surface area contributed by atoms with E-state index in [9.17, 15) is 19.7 Å². The Kier molecular flexibility index (Phi) is 6.61. The van der Waals surface area contributed by atoms with Crippen molar-refractivity contribution in [3.05, 3.63) is 78.1 Å². The smallest absolute Gasteiger partial charge is 0.345 e. The standard InChI is InChI=1S/C22H16BrN3O7S/c1-31-16-7-13(15(26(29)30)8-17(16)32-2)22(28)33-9-18-24-20(27)19-14(10-34-21(19)25-18)11-3-5-12(23)6-4-11/h3-8,10H,9H2,1-2H3,(H,24,25,27). The quantitative estimate of drug-likeness (QED) is 0.200. The van der Waals surface area contributed by atoms with Gasteiger partial charge in [0.15, 0.2) is 11.5 Å². The molecule has 0 unspecified atom stereocenters. The Labute approximate surface area is 204 Å². The second-order valence-corrected chi connectivity index (χ2v) is 8.68. The van der Waals surface area contributed by atoms with Crippen LogP contribution in [0.15, 0.2) is 51.0 Å². The van der Waals surface area contributed by atoms with Crippen molar-refractivity contribution < 1.29 is 23.9 Å². The van der Waals surface area contributed by atoms with Crippen LogP contribution in [0.25, 0.3) is 21.3 Å². The number of halogens is 1. The van der Waals surface area contributed by atoms with Gasteiger partial charge in [-0.3, -0.25) is 14.9 Å². The van der Waals surface area contributed by atoms with Crippen LogP contribution in [0.1, 0.15) is 16.2 Å². The lowest BCUT2D eigenvalue weighted by Crippen LogP contribution is -2.15. The van der Waals surface area contributed by atoms with E-state index in [1.165, 1.54) is 31.6 Å². The first-order chi connectivity index (χ1) is 16.3. The summed E-state index contributed by atoms with van der Waals surface area (Å²) in [5, 5.41) is 13.7. The van der Waals surface area contributed by atoms with Gasteiger partial charge in [-0.2, -0.15) is 0 Å². The van der Waals surface area contributed by atoms with Crippen LogP contribution >= 0.6 is 27.3 Å². The zero-order valence-corrected chi connectivity index (χ0v) is 20.2. The summed E-state index contributed by atoms with van der Waals surface area (Å²) in [6.07, 6.45) is 0. The molecule has 34 heavy (non-hydrogen) atoms. The fraction of sp³-hybridized carbons (Fsp3) is 0.136. The number of rotatable bonds is 7. The molecule has 0 aliphatic rings. The topological polar surface area (TPSA) is 134 Å². The highest BCUT2D eigenvalue weighted by Gasteiger charge is 2.26. The number of aromatic nitrogens is 2. The van der Waals surface area contributed by atoms with Crippen molar-refractivity contribution in [2.45, 2.75) is 6.61 Å². The lowest BCUT2D eigenvalue weighted by molar-refractivity contribution is -0.385. The number of nitro groups is 1. The molecule has 1 N–H and O–H groups in total. The van der Waals surface area contributed by atoms with Crippen LogP contribution in [0.3, 0.4) is 0 Å². The zero-order valence-electron chi connectivity index (χ0n) is 17.8. The van der Waals surface area contributed by atoms with Crippen LogP contribution in [0, 0.1) is 10.1 Å². The Hall–Kier alpha value is -3.77. The van der Waals surface area contributed by atoms with E-state index in [0.29, 0.717) is 10.2 Å². The van der Waals surface area contributed by atoms with Gasteiger partial charge in [0.1, 0.15) is 22.8 Å². The Morgan fingerprint density at radius 1 is 1.18 bits per heavy atom. The van der Waals surface area contributed by atoms with E-state index in [2.05, 4.69) is 25.9 Å². The molecule has 0 fully saturated rings. The van der Waals surface area contributed by atoms with Crippen molar-refractivity contribution in [2.75, 3.05) is 14.2 Å². The van der Waals surface area contributed by atoms with Crippen LogP contribution in [-0.2, 0) is 11.3 Å². The van der Waals surface area contributed by atoms with Gasteiger partial charge in [0.25, 0.3) is 11.2 Å². The van der Waals surface area contributed by atoms with Gasteiger partial charge in [0.2, 0.25) is 0 Å². The third-order valence-corrected chi connectivity index (χ3v) is 6.31. The molecule has 0 saturated carbocycles. The third-order valence-electron chi connectivity index (χ3n) is 4.91. The molecule has 0 spiro atoms. The molecular formula is C22H16BrN3O7S. The number of nitro benzene ring substituents is 1. The van der Waals surface area contributed by atoms with Gasteiger partial charge < -0.3 is 19.2 Å². The molecule has 2 heterocycles. The highest BCUT2D eigenvalue weighted by atomic mass is 79.9. The van der Waals surface area contributed by atoms with Gasteiger partial charge in [-0.1, -0.05) is 28.1 Å². The summed E-state index contributed by atoms with van der Waals surface area (Å²) in [5.41, 5.74) is 0.399. The number of benzene rings is 2. The molecule has 174 valence electrons. The first-order valence-corrected chi connectivity index (χ1v) is 11.3. The number of carbonyl (C=O) groups excluding carboxylic acids is 1. The van der Waals surface area contributed by atoms with E-state index < -0.39 is 16.6 Å². The number of nitrogens with one attached hydrogen (secondary N) is 1. The molecule has 0 amide bonds. The van der Waals surface area contributed by atoms with Gasteiger partial charge in [-0.25, -0.2) is 9.78 Å². The number of esters is 1. The molecule has 0 saturated heterocycles. The Morgan fingerprint density at radius 3 is 2.50 bits per heavy atom. The minimum Gasteiger partial charge on any atom is -0.493 e. The molecule has 4 aromatic rings. The number of hydrogen-bond acceptors (Lipinski definition) is 9. The molecular weight excluding hydrogens is 530 g/mol. The van der Waals surface area contributed by atoms with Crippen LogP contribution in [-0.4, -0.2) is 35.1 Å². The highest BCUT2D eigenvalue weighted by Crippen LogP contribution is 2.35. The lowest BCUT2D eigenvalue weighted by Gasteiger charge is -2.10. The number of hydrogen-bond donors (Lipinski definition) is 1.